The molecule has 28 heavy (non-hydrogen) atoms. The van der Waals surface area contributed by atoms with E-state index in [1.807, 2.05) is 62.4 Å². The van der Waals surface area contributed by atoms with Crippen molar-refractivity contribution in [2.24, 2.45) is 0 Å². The molecule has 7 heteroatoms. The normalized spacial score (nSPS) is 15.9. The second kappa shape index (κ2) is 8.56. The van der Waals surface area contributed by atoms with Crippen molar-refractivity contribution in [3.8, 4) is 0 Å². The lowest BCUT2D eigenvalue weighted by Gasteiger charge is -2.19. The van der Waals surface area contributed by atoms with Gasteiger partial charge >= 0.3 is 12.1 Å². The molecule has 0 spiro atoms. The summed E-state index contributed by atoms with van der Waals surface area (Å²) in [5.74, 6) is -0.994. The number of ether oxygens (including phenoxy) is 2. The van der Waals surface area contributed by atoms with Crippen LogP contribution in [0.4, 0.5) is 10.5 Å². The molecule has 2 aromatic rings. The summed E-state index contributed by atoms with van der Waals surface area (Å²) >= 11 is 0. The number of hydrogen-bond donors (Lipinski definition) is 1. The molecule has 1 aliphatic rings. The minimum absolute atomic E-state index is 0.0752. The van der Waals surface area contributed by atoms with E-state index in [1.165, 1.54) is 0 Å². The molecule has 1 saturated heterocycles. The number of esters is 1. The molecule has 2 aromatic carbocycles. The Hall–Kier alpha value is -3.35. The first-order valence-electron chi connectivity index (χ1n) is 8.95. The van der Waals surface area contributed by atoms with Crippen LogP contribution in [0.1, 0.15) is 23.1 Å². The fraction of sp³-hybridized carbons (Fsp3) is 0.286. The minimum Gasteiger partial charge on any atom is -0.444 e. The van der Waals surface area contributed by atoms with Crippen LogP contribution < -0.4 is 5.32 Å². The lowest BCUT2D eigenvalue weighted by atomic mass is 10.1. The Bertz CT molecular complexity index is 882. The molecular weight excluding hydrogens is 360 g/mol. The highest BCUT2D eigenvalue weighted by Gasteiger charge is 2.40. The molecule has 3 rings (SSSR count). The van der Waals surface area contributed by atoms with Crippen LogP contribution in [-0.2, 0) is 25.7 Å². The van der Waals surface area contributed by atoms with Gasteiger partial charge < -0.3 is 14.8 Å². The molecule has 1 fully saturated rings. The van der Waals surface area contributed by atoms with Crippen LogP contribution in [0.2, 0.25) is 0 Å². The highest BCUT2D eigenvalue weighted by atomic mass is 16.6. The fourth-order valence-corrected chi connectivity index (χ4v) is 2.87. The van der Waals surface area contributed by atoms with Crippen molar-refractivity contribution in [1.82, 2.24) is 4.90 Å². The van der Waals surface area contributed by atoms with Crippen molar-refractivity contribution in [3.63, 3.8) is 0 Å². The van der Waals surface area contributed by atoms with Gasteiger partial charge in [0, 0.05) is 5.69 Å². The highest BCUT2D eigenvalue weighted by Crippen LogP contribution is 2.20. The third kappa shape index (κ3) is 4.68. The summed E-state index contributed by atoms with van der Waals surface area (Å²) in [6.45, 7) is 3.65. The summed E-state index contributed by atoms with van der Waals surface area (Å²) in [7, 11) is 0. The Morgan fingerprint density at radius 2 is 1.93 bits per heavy atom. The number of amides is 2. The lowest BCUT2D eigenvalue weighted by molar-refractivity contribution is -0.140. The van der Waals surface area contributed by atoms with Gasteiger partial charge in [-0.3, -0.25) is 9.69 Å². The molecule has 0 bridgehead atoms. The maximum absolute atomic E-state index is 12.4. The lowest BCUT2D eigenvalue weighted by Crippen LogP contribution is -2.40. The van der Waals surface area contributed by atoms with E-state index in [0.717, 1.165) is 21.6 Å². The van der Waals surface area contributed by atoms with Crippen LogP contribution >= 0.6 is 0 Å². The number of cyclic esters (lactones) is 1. The Kier molecular flexibility index (Phi) is 5.93. The maximum atomic E-state index is 12.4. The predicted octanol–water partition coefficient (Wildman–Crippen LogP) is 3.15. The first-order chi connectivity index (χ1) is 13.4. The minimum atomic E-state index is -1.01. The van der Waals surface area contributed by atoms with Gasteiger partial charge in [-0.15, -0.1) is 0 Å². The van der Waals surface area contributed by atoms with E-state index in [0.29, 0.717) is 5.69 Å². The summed E-state index contributed by atoms with van der Waals surface area (Å²) in [5, 5.41) is 2.79. The van der Waals surface area contributed by atoms with Gasteiger partial charge in [-0.1, -0.05) is 42.5 Å². The quantitative estimate of drug-likeness (QED) is 0.803. The van der Waals surface area contributed by atoms with Gasteiger partial charge in [0.15, 0.2) is 6.73 Å². The third-order valence-electron chi connectivity index (χ3n) is 4.48. The monoisotopic (exact) mass is 382 g/mol. The average molecular weight is 382 g/mol. The van der Waals surface area contributed by atoms with Crippen LogP contribution in [-0.4, -0.2) is 35.6 Å². The first kappa shape index (κ1) is 19.4. The number of benzene rings is 2. The Morgan fingerprint density at radius 3 is 2.68 bits per heavy atom. The molecule has 0 aliphatic carbocycles. The van der Waals surface area contributed by atoms with Crippen LogP contribution in [0.15, 0.2) is 48.5 Å². The van der Waals surface area contributed by atoms with Crippen molar-refractivity contribution in [1.29, 1.82) is 0 Å². The van der Waals surface area contributed by atoms with Gasteiger partial charge in [0.2, 0.25) is 5.91 Å². The summed E-state index contributed by atoms with van der Waals surface area (Å²) in [6.07, 6.45) is -0.897. The van der Waals surface area contributed by atoms with E-state index in [-0.39, 0.29) is 25.7 Å². The molecule has 2 amide bonds. The molecular formula is C21H22N2O5. The van der Waals surface area contributed by atoms with Gasteiger partial charge in [0.25, 0.3) is 0 Å². The van der Waals surface area contributed by atoms with Crippen molar-refractivity contribution < 1.29 is 23.9 Å². The van der Waals surface area contributed by atoms with Crippen molar-refractivity contribution in [3.05, 3.63) is 65.2 Å². The van der Waals surface area contributed by atoms with E-state index in [9.17, 15) is 14.4 Å². The molecule has 1 atom stereocenters. The number of hydrogen-bond acceptors (Lipinski definition) is 5. The summed E-state index contributed by atoms with van der Waals surface area (Å²) in [4.78, 5) is 37.9. The standard InChI is InChI=1S/C21H22N2O5/c1-14-8-9-15(2)17(10-14)22-19(24)11-18-20(25)28-13-23(18)21(26)27-12-16-6-4-3-5-7-16/h3-10,18H,11-13H2,1-2H3,(H,22,24)/t18-/m0/s1. The zero-order valence-corrected chi connectivity index (χ0v) is 15.8. The molecule has 1 heterocycles. The molecule has 1 aliphatic heterocycles. The summed E-state index contributed by atoms with van der Waals surface area (Å²) < 4.78 is 10.2. The number of carbonyl (C=O) groups is 3. The largest absolute Gasteiger partial charge is 0.444 e. The second-order valence-corrected chi connectivity index (χ2v) is 6.69. The molecule has 7 nitrogen and oxygen atoms in total. The number of nitrogens with one attached hydrogen (secondary N) is 1. The third-order valence-corrected chi connectivity index (χ3v) is 4.48. The second-order valence-electron chi connectivity index (χ2n) is 6.69. The van der Waals surface area contributed by atoms with Crippen molar-refractivity contribution in [2.75, 3.05) is 12.0 Å². The van der Waals surface area contributed by atoms with Gasteiger partial charge in [-0.25, -0.2) is 9.59 Å². The van der Waals surface area contributed by atoms with Crippen molar-refractivity contribution in [2.45, 2.75) is 32.9 Å². The van der Waals surface area contributed by atoms with Gasteiger partial charge in [-0.05, 0) is 36.6 Å². The Balaban J connectivity index is 1.60. The van der Waals surface area contributed by atoms with Crippen LogP contribution in [0.3, 0.4) is 0 Å². The van der Waals surface area contributed by atoms with E-state index in [4.69, 9.17) is 9.47 Å². The maximum Gasteiger partial charge on any atom is 0.413 e. The Morgan fingerprint density at radius 1 is 1.18 bits per heavy atom. The van der Waals surface area contributed by atoms with Crippen molar-refractivity contribution >= 4 is 23.7 Å². The van der Waals surface area contributed by atoms with Gasteiger partial charge in [0.05, 0.1) is 6.42 Å². The number of carbonyl (C=O) groups excluding carboxylic acids is 3. The van der Waals surface area contributed by atoms with Crippen LogP contribution in [0.5, 0.6) is 0 Å². The SMILES string of the molecule is Cc1ccc(C)c(NC(=O)C[C@H]2C(=O)OCN2C(=O)OCc2ccccc2)c1. The smallest absolute Gasteiger partial charge is 0.413 e. The van der Waals surface area contributed by atoms with E-state index >= 15 is 0 Å². The topological polar surface area (TPSA) is 84.9 Å². The molecule has 0 radical (unpaired) electrons. The fourth-order valence-electron chi connectivity index (χ4n) is 2.87. The van der Waals surface area contributed by atoms with Crippen LogP contribution in [0.25, 0.3) is 0 Å². The number of rotatable bonds is 5. The van der Waals surface area contributed by atoms with E-state index < -0.39 is 18.1 Å². The van der Waals surface area contributed by atoms with Crippen LogP contribution in [0, 0.1) is 13.8 Å². The first-order valence-corrected chi connectivity index (χ1v) is 8.95. The van der Waals surface area contributed by atoms with E-state index in [2.05, 4.69) is 5.32 Å². The molecule has 0 unspecified atom stereocenters. The van der Waals surface area contributed by atoms with Gasteiger partial charge in [0.1, 0.15) is 12.6 Å². The van der Waals surface area contributed by atoms with E-state index in [1.54, 1.807) is 0 Å². The average Bonchev–Trinajstić information content (AvgIpc) is 3.04. The molecule has 0 saturated carbocycles. The predicted molar refractivity (Wildman–Crippen MR) is 102 cm³/mol. The summed E-state index contributed by atoms with van der Waals surface area (Å²) in [6, 6.07) is 13.9. The number of aryl methyl sites for hydroxylation is 2. The van der Waals surface area contributed by atoms with Gasteiger partial charge in [-0.2, -0.15) is 0 Å². The zero-order chi connectivity index (χ0) is 20.1. The molecule has 1 N–H and O–H groups in total. The molecule has 146 valence electrons. The summed E-state index contributed by atoms with van der Waals surface area (Å²) in [5.41, 5.74) is 3.42. The Labute approximate surface area is 163 Å². The number of nitrogens with zero attached hydrogens (tertiary/aromatic N) is 1. The number of anilines is 1. The molecule has 0 aromatic heterocycles. The highest BCUT2D eigenvalue weighted by molar-refractivity contribution is 5.96. The zero-order valence-electron chi connectivity index (χ0n) is 15.8.